The first-order chi connectivity index (χ1) is 35.7. The lowest BCUT2D eigenvalue weighted by Crippen LogP contribution is -2.14. The molecule has 7 aromatic rings. The number of aromatic hydroxyl groups is 1. The van der Waals surface area contributed by atoms with Crippen LogP contribution in [-0.2, 0) is 39.9 Å². The van der Waals surface area contributed by atoms with Crippen LogP contribution in [0.25, 0.3) is 21.5 Å². The second kappa shape index (κ2) is 22.6. The molecule has 0 unspecified atom stereocenters. The number of phenolic OH excluding ortho intramolecular Hbond substituents is 1. The van der Waals surface area contributed by atoms with Crippen molar-refractivity contribution in [1.29, 1.82) is 0 Å². The van der Waals surface area contributed by atoms with E-state index >= 15 is 0 Å². The van der Waals surface area contributed by atoms with Crippen LogP contribution in [0.4, 0.5) is 45.5 Å². The van der Waals surface area contributed by atoms with Crippen LogP contribution in [0.15, 0.2) is 144 Å². The molecule has 0 bridgehead atoms. The van der Waals surface area contributed by atoms with Gasteiger partial charge in [0.05, 0.1) is 52.1 Å². The van der Waals surface area contributed by atoms with Crippen molar-refractivity contribution in [2.24, 2.45) is 30.7 Å². The smallest absolute Gasteiger partial charge is 0.303 e. The van der Waals surface area contributed by atoms with Crippen LogP contribution in [0.1, 0.15) is 51.9 Å². The molecule has 0 aliphatic heterocycles. The number of carboxylic acids is 1. The van der Waals surface area contributed by atoms with Crippen molar-refractivity contribution < 1.29 is 68.2 Å². The highest BCUT2D eigenvalue weighted by Gasteiger charge is 2.23. The first-order valence-corrected chi connectivity index (χ1v) is 27.0. The van der Waals surface area contributed by atoms with Crippen molar-refractivity contribution in [3.05, 3.63) is 131 Å². The Morgan fingerprint density at radius 3 is 1.68 bits per heavy atom. The molecule has 0 radical (unpaired) electrons. The number of fused-ring (bicyclic) bond motifs is 2. The summed E-state index contributed by atoms with van der Waals surface area (Å²) in [6.07, 6.45) is -0.667. The molecular formula is C50H46N8O15S3. The Morgan fingerprint density at radius 2 is 1.13 bits per heavy atom. The van der Waals surface area contributed by atoms with Crippen molar-refractivity contribution >= 4 is 115 Å². The van der Waals surface area contributed by atoms with Gasteiger partial charge in [-0.15, -0.1) is 5.11 Å². The fourth-order valence-electron chi connectivity index (χ4n) is 7.44. The normalized spacial score (nSPS) is 12.3. The Morgan fingerprint density at radius 1 is 0.566 bits per heavy atom. The zero-order valence-corrected chi connectivity index (χ0v) is 43.0. The highest BCUT2D eigenvalue weighted by atomic mass is 32.2. The zero-order valence-electron chi connectivity index (χ0n) is 40.6. The number of nitrogens with one attached hydrogen (secondary N) is 2. The molecule has 26 heteroatoms. The molecule has 23 nitrogen and oxygen atoms in total. The molecule has 76 heavy (non-hydrogen) atoms. The lowest BCUT2D eigenvalue weighted by molar-refractivity contribution is -0.138. The van der Waals surface area contributed by atoms with Gasteiger partial charge in [0.15, 0.2) is 5.75 Å². The van der Waals surface area contributed by atoms with Crippen molar-refractivity contribution in [3.63, 3.8) is 0 Å². The number of carbonyl (C=O) groups excluding carboxylic acids is 2. The van der Waals surface area contributed by atoms with E-state index in [1.54, 1.807) is 70.2 Å². The van der Waals surface area contributed by atoms with E-state index in [9.17, 15) is 53.8 Å². The van der Waals surface area contributed by atoms with E-state index in [4.69, 9.17) is 14.4 Å². The highest BCUT2D eigenvalue weighted by Crippen LogP contribution is 2.43. The summed E-state index contributed by atoms with van der Waals surface area (Å²) in [5.41, 5.74) is 4.80. The number of aliphatic carboxylic acids is 1. The highest BCUT2D eigenvalue weighted by molar-refractivity contribution is 7.86. The lowest BCUT2D eigenvalue weighted by atomic mass is 10.1. The Kier molecular flexibility index (Phi) is 16.5. The standard InChI is InChI=1S/C50H46N8O15S3/c1-27-19-41(28(2)18-40(27)54-53-36-11-8-32-23-37(75(67,68)69)26-44(39(32)25-36)73-16-5-17-74(64,65)66)55-56-42-20-30(4)43(21-29(42)3)57-58-48-45(76(70,71)72)24-33-22-35(12-13-38(33)49(48)62)52-50(63)31-6-9-34(10-7-31)51-46(59)14-15-47(60)61/h6-13,18-26,62H,5,14-17H2,1-4H3,(H,51,59)(H,52,63)(H,60,61)(H,64,65,66)(H,67,68,69)(H,70,71,72). The molecule has 0 spiro atoms. The minimum Gasteiger partial charge on any atom is -0.505 e. The molecule has 7 aromatic carbocycles. The molecule has 0 fully saturated rings. The van der Waals surface area contributed by atoms with Gasteiger partial charge in [0.2, 0.25) is 5.91 Å². The van der Waals surface area contributed by atoms with Crippen LogP contribution in [0.5, 0.6) is 11.5 Å². The maximum absolute atomic E-state index is 13.1. The average Bonchev–Trinajstić information content (AvgIpc) is 3.34. The maximum atomic E-state index is 13.1. The molecule has 7 N–H and O–H groups in total. The Balaban J connectivity index is 1.06. The van der Waals surface area contributed by atoms with Gasteiger partial charge in [-0.25, -0.2) is 0 Å². The third-order valence-electron chi connectivity index (χ3n) is 11.4. The second-order valence-electron chi connectivity index (χ2n) is 17.2. The minimum absolute atomic E-state index is 0.0230. The number of hydrogen-bond donors (Lipinski definition) is 7. The van der Waals surface area contributed by atoms with Gasteiger partial charge in [-0.3, -0.25) is 28.0 Å². The van der Waals surface area contributed by atoms with Crippen LogP contribution in [0, 0.1) is 27.7 Å². The van der Waals surface area contributed by atoms with Gasteiger partial charge in [0.1, 0.15) is 16.3 Å². The molecule has 0 heterocycles. The predicted molar refractivity (Wildman–Crippen MR) is 280 cm³/mol. The Hall–Kier alpha value is -8.40. The molecule has 394 valence electrons. The monoisotopic (exact) mass is 1090 g/mol. The fraction of sp³-hybridized carbons (Fsp3) is 0.180. The summed E-state index contributed by atoms with van der Waals surface area (Å²) in [5, 5.41) is 52.3. The quantitative estimate of drug-likeness (QED) is 0.0225. The Bertz CT molecular complexity index is 3940. The number of ether oxygens (including phenoxy) is 1. The SMILES string of the molecule is Cc1cc(N=Nc2cc(C)c(N=Nc3c(S(=O)(=O)O)cc4cc(NC(=O)c5ccc(NC(=O)CCC(=O)O)cc5)ccc4c3O)cc2C)c(C)cc1N=Nc1ccc2cc(S(=O)(=O)O)cc(OCCCS(=O)(=O)O)c2c1. The molecule has 0 atom stereocenters. The number of phenols is 1. The van der Waals surface area contributed by atoms with E-state index in [1.165, 1.54) is 48.5 Å². The van der Waals surface area contributed by atoms with E-state index < -0.39 is 75.1 Å². The summed E-state index contributed by atoms with van der Waals surface area (Å²) in [6.45, 7) is 6.84. The number of rotatable bonds is 19. The summed E-state index contributed by atoms with van der Waals surface area (Å²) in [7, 11) is -13.9. The average molecular weight is 1100 g/mol. The van der Waals surface area contributed by atoms with Crippen molar-refractivity contribution in [3.8, 4) is 11.5 Å². The summed E-state index contributed by atoms with van der Waals surface area (Å²) in [5.74, 6) is -3.38. The number of hydrogen-bond acceptors (Lipinski definition) is 17. The van der Waals surface area contributed by atoms with Gasteiger partial charge in [0.25, 0.3) is 36.3 Å². The van der Waals surface area contributed by atoms with Crippen LogP contribution < -0.4 is 15.4 Å². The minimum atomic E-state index is -5.00. The van der Waals surface area contributed by atoms with Crippen molar-refractivity contribution in [1.82, 2.24) is 0 Å². The van der Waals surface area contributed by atoms with E-state index in [1.807, 2.05) is 0 Å². The lowest BCUT2D eigenvalue weighted by Gasteiger charge is -2.12. The molecule has 0 saturated carbocycles. The van der Waals surface area contributed by atoms with Crippen molar-refractivity contribution in [2.75, 3.05) is 23.0 Å². The van der Waals surface area contributed by atoms with Gasteiger partial charge in [-0.1, -0.05) is 6.07 Å². The number of carbonyl (C=O) groups is 3. The summed E-state index contributed by atoms with van der Waals surface area (Å²) in [4.78, 5) is 34.6. The fourth-order valence-corrected chi connectivity index (χ4v) is 9.11. The number of aryl methyl sites for hydroxylation is 4. The first kappa shape index (κ1) is 55.4. The summed E-state index contributed by atoms with van der Waals surface area (Å²) in [6, 6.07) is 25.0. The number of azo groups is 3. The van der Waals surface area contributed by atoms with Crippen molar-refractivity contribution in [2.45, 2.75) is 56.7 Å². The number of amides is 2. The second-order valence-corrected chi connectivity index (χ2v) is 21.6. The third kappa shape index (κ3) is 14.0. The molecule has 7 rings (SSSR count). The Labute approximate surface area is 434 Å². The molecule has 0 aliphatic carbocycles. The number of nitrogens with zero attached hydrogens (tertiary/aromatic N) is 6. The van der Waals surface area contributed by atoms with E-state index in [-0.39, 0.29) is 59.3 Å². The van der Waals surface area contributed by atoms with Crippen LogP contribution in [0.3, 0.4) is 0 Å². The van der Waals surface area contributed by atoms with E-state index in [0.717, 1.165) is 12.1 Å². The largest absolute Gasteiger partial charge is 0.505 e. The van der Waals surface area contributed by atoms with Gasteiger partial charge in [-0.05, 0) is 158 Å². The van der Waals surface area contributed by atoms with E-state index in [2.05, 4.69) is 41.3 Å². The van der Waals surface area contributed by atoms with E-state index in [0.29, 0.717) is 61.5 Å². The molecule has 0 aliphatic rings. The summed E-state index contributed by atoms with van der Waals surface area (Å²) >= 11 is 0. The van der Waals surface area contributed by atoms with Crippen LogP contribution >= 0.6 is 0 Å². The van der Waals surface area contributed by atoms with Gasteiger partial charge in [-0.2, -0.15) is 50.8 Å². The van der Waals surface area contributed by atoms with Crippen LogP contribution in [0.2, 0.25) is 0 Å². The maximum Gasteiger partial charge on any atom is 0.303 e. The molecule has 2 amide bonds. The molecule has 0 saturated heterocycles. The number of anilines is 2. The first-order valence-electron chi connectivity index (χ1n) is 22.5. The predicted octanol–water partition coefficient (Wildman–Crippen LogP) is 11.4. The van der Waals surface area contributed by atoms with Gasteiger partial charge < -0.3 is 25.6 Å². The zero-order chi connectivity index (χ0) is 55.3. The number of benzene rings is 7. The number of carboxylic acid groups (broad SMARTS) is 1. The van der Waals surface area contributed by atoms with Gasteiger partial charge >= 0.3 is 5.97 Å². The van der Waals surface area contributed by atoms with Gasteiger partial charge in [0, 0.05) is 40.2 Å². The third-order valence-corrected chi connectivity index (χ3v) is 13.9. The van der Waals surface area contributed by atoms with Crippen LogP contribution in [-0.4, -0.2) is 79.3 Å². The molecule has 0 aromatic heterocycles. The summed E-state index contributed by atoms with van der Waals surface area (Å²) < 4.78 is 106. The molecular weight excluding hydrogens is 1050 g/mol. The topological polar surface area (TPSA) is 362 Å².